The highest BCUT2D eigenvalue weighted by Crippen LogP contribution is 2.08. The molecule has 0 aliphatic heterocycles. The van der Waals surface area contributed by atoms with Crippen molar-refractivity contribution in [3.8, 4) is 0 Å². The smallest absolute Gasteiger partial charge is 0.333 e. The summed E-state index contributed by atoms with van der Waals surface area (Å²) in [6, 6.07) is 0. The minimum absolute atomic E-state index is 0.235. The quantitative estimate of drug-likeness (QED) is 0.0148. The predicted molar refractivity (Wildman–Crippen MR) is 231 cm³/mol. The van der Waals surface area contributed by atoms with Crippen molar-refractivity contribution in [1.29, 1.82) is 0 Å². The normalized spacial score (nSPS) is 9.46. The highest BCUT2D eigenvalue weighted by molar-refractivity contribution is 5.87. The lowest BCUT2D eigenvalue weighted by atomic mass is 10.1. The van der Waals surface area contributed by atoms with Crippen LogP contribution in [-0.2, 0) is 66.5 Å². The summed E-state index contributed by atoms with van der Waals surface area (Å²) in [5, 5.41) is 0. The van der Waals surface area contributed by atoms with Gasteiger partial charge >= 0.3 is 23.9 Å². The topological polar surface area (TPSA) is 161 Å². The van der Waals surface area contributed by atoms with Gasteiger partial charge in [-0.15, -0.1) is 13.2 Å². The van der Waals surface area contributed by atoms with Crippen LogP contribution in [0.25, 0.3) is 0 Å². The molecule has 0 atom stereocenters. The van der Waals surface area contributed by atoms with Crippen LogP contribution in [0.4, 0.5) is 0 Å². The molecule has 0 aromatic rings. The van der Waals surface area contributed by atoms with Crippen LogP contribution >= 0.6 is 0 Å². The molecule has 14 nitrogen and oxygen atoms in total. The van der Waals surface area contributed by atoms with Crippen molar-refractivity contribution in [3.63, 3.8) is 0 Å². The van der Waals surface area contributed by atoms with Crippen LogP contribution in [-0.4, -0.2) is 116 Å². The van der Waals surface area contributed by atoms with E-state index in [1.165, 1.54) is 50.7 Å². The van der Waals surface area contributed by atoms with Crippen LogP contribution < -0.4 is 0 Å². The van der Waals surface area contributed by atoms with Crippen LogP contribution in [0.1, 0.15) is 71.6 Å². The predicted octanol–water partition coefficient (Wildman–Crippen LogP) is 7.91. The van der Waals surface area contributed by atoms with E-state index in [0.29, 0.717) is 83.8 Å². The second-order valence-electron chi connectivity index (χ2n) is 11.7. The molecule has 0 aromatic carbocycles. The van der Waals surface area contributed by atoms with Crippen LogP contribution in [0.3, 0.4) is 0 Å². The molecule has 0 heterocycles. The Morgan fingerprint density at radius 1 is 0.390 bits per heavy atom. The molecular formula is C45H74O14. The largest absolute Gasteiger partial charge is 0.499 e. The number of rotatable bonds is 37. The maximum atomic E-state index is 10.9. The summed E-state index contributed by atoms with van der Waals surface area (Å²) < 4.78 is 49.3. The molecule has 0 N–H and O–H groups in total. The number of hydrogen-bond acceptors (Lipinski definition) is 14. The number of carbonyl (C=O) groups is 4. The minimum Gasteiger partial charge on any atom is -0.499 e. The standard InChI is InChI=1S/C14H24O2.C12H20O4.C10H16O4.C9H14O4/c1-3-5-6-7-8-9-10-11-12-13-16-14(15)4-2;1-4-5-6-14-7-8-15-9-10-16-12(13)11(2)3;1-4-12-5-6-13-7-8-14-10(11)9(2)3;1-3-9(10)13-8-7-12-6-5-11-4-2/h3-4H,1-2,5-13H2;4H,1-2,5-10H2,3H3;4H,1-2,5-8H2,3H3;3-4H,1-2,5-8H2. The number of allylic oxidation sites excluding steroid dienone is 1. The van der Waals surface area contributed by atoms with Crippen LogP contribution in [0.2, 0.25) is 0 Å². The Morgan fingerprint density at radius 2 is 0.729 bits per heavy atom. The SMILES string of the molecule is C=CCCCCCCCCCOC(=O)C=C.C=CCCOCCOCCOC(=O)C(=C)C.C=COCCOCCOC(=O)C(=C)C.C=COCCOCCOC(=O)C=C. The molecule has 0 unspecified atom stereocenters. The highest BCUT2D eigenvalue weighted by atomic mass is 16.6. The fourth-order valence-electron chi connectivity index (χ4n) is 3.47. The molecule has 338 valence electrons. The number of esters is 4. The number of ether oxygens (including phenoxy) is 10. The molecule has 0 saturated carbocycles. The zero-order chi connectivity index (χ0) is 45.0. The van der Waals surface area contributed by atoms with Gasteiger partial charge in [-0.1, -0.05) is 83.7 Å². The Labute approximate surface area is 354 Å². The average Bonchev–Trinajstić information content (AvgIpc) is 3.23. The van der Waals surface area contributed by atoms with E-state index in [2.05, 4.69) is 57.4 Å². The zero-order valence-corrected chi connectivity index (χ0v) is 36.1. The number of hydrogen-bond donors (Lipinski definition) is 0. The van der Waals surface area contributed by atoms with E-state index in [9.17, 15) is 19.2 Å². The van der Waals surface area contributed by atoms with E-state index in [4.69, 9.17) is 42.6 Å². The molecule has 0 spiro atoms. The lowest BCUT2D eigenvalue weighted by Gasteiger charge is -2.06. The first kappa shape index (κ1) is 60.9. The molecule has 0 aliphatic rings. The van der Waals surface area contributed by atoms with Gasteiger partial charge in [-0.05, 0) is 39.5 Å². The highest BCUT2D eigenvalue weighted by Gasteiger charge is 2.03. The Bertz CT molecular complexity index is 1130. The monoisotopic (exact) mass is 839 g/mol. The summed E-state index contributed by atoms with van der Waals surface area (Å²) in [6.07, 6.45) is 19.3. The van der Waals surface area contributed by atoms with Crippen LogP contribution in [0, 0.1) is 0 Å². The Hall–Kier alpha value is -4.76. The van der Waals surface area contributed by atoms with E-state index in [1.54, 1.807) is 19.9 Å². The van der Waals surface area contributed by atoms with Crippen molar-refractivity contribution in [2.75, 3.05) is 92.5 Å². The first-order valence-electron chi connectivity index (χ1n) is 19.7. The van der Waals surface area contributed by atoms with E-state index in [1.807, 2.05) is 6.08 Å². The molecule has 0 aliphatic carbocycles. The second-order valence-corrected chi connectivity index (χ2v) is 11.7. The first-order valence-corrected chi connectivity index (χ1v) is 19.7. The molecule has 0 bridgehead atoms. The van der Waals surface area contributed by atoms with Gasteiger partial charge in [0.2, 0.25) is 0 Å². The third-order valence-corrected chi connectivity index (χ3v) is 6.49. The summed E-state index contributed by atoms with van der Waals surface area (Å²) in [5.41, 5.74) is 0.785. The van der Waals surface area contributed by atoms with Crippen molar-refractivity contribution in [2.45, 2.75) is 71.6 Å². The van der Waals surface area contributed by atoms with Gasteiger partial charge in [0.1, 0.15) is 33.0 Å². The lowest BCUT2D eigenvalue weighted by Crippen LogP contribution is -2.13. The van der Waals surface area contributed by atoms with Gasteiger partial charge in [0.25, 0.3) is 0 Å². The van der Waals surface area contributed by atoms with Crippen LogP contribution in [0.15, 0.2) is 101 Å². The lowest BCUT2D eigenvalue weighted by molar-refractivity contribution is -0.141. The molecule has 59 heavy (non-hydrogen) atoms. The molecule has 0 fully saturated rings. The van der Waals surface area contributed by atoms with Gasteiger partial charge in [0.05, 0.1) is 72.0 Å². The molecule has 0 rings (SSSR count). The summed E-state index contributed by atoms with van der Waals surface area (Å²) in [7, 11) is 0. The first-order chi connectivity index (χ1) is 28.5. The van der Waals surface area contributed by atoms with E-state index in [-0.39, 0.29) is 31.8 Å². The molecule has 0 radical (unpaired) electrons. The summed E-state index contributed by atoms with van der Waals surface area (Å²) in [4.78, 5) is 43.0. The molecular weight excluding hydrogens is 764 g/mol. The van der Waals surface area contributed by atoms with Gasteiger partial charge in [0, 0.05) is 23.3 Å². The Balaban J connectivity index is -0.000000343. The van der Waals surface area contributed by atoms with Crippen molar-refractivity contribution < 1.29 is 66.5 Å². The van der Waals surface area contributed by atoms with Crippen LogP contribution in [0.5, 0.6) is 0 Å². The summed E-state index contributed by atoms with van der Waals surface area (Å²) in [6.45, 7) is 36.6. The third kappa shape index (κ3) is 60.1. The van der Waals surface area contributed by atoms with Gasteiger partial charge in [0.15, 0.2) is 0 Å². The molecule has 0 amide bonds. The fourth-order valence-corrected chi connectivity index (χ4v) is 3.47. The fraction of sp³-hybridized carbons (Fsp3) is 0.556. The summed E-state index contributed by atoms with van der Waals surface area (Å²) in [5.74, 6) is -1.53. The molecule has 0 aromatic heterocycles. The number of unbranched alkanes of at least 4 members (excludes halogenated alkanes) is 7. The number of carbonyl (C=O) groups excluding carboxylic acids is 4. The molecule has 14 heteroatoms. The Morgan fingerprint density at radius 3 is 1.12 bits per heavy atom. The minimum atomic E-state index is -0.439. The van der Waals surface area contributed by atoms with Gasteiger partial charge in [-0.25, -0.2) is 19.2 Å². The average molecular weight is 839 g/mol. The Kier molecular flexibility index (Phi) is 55.0. The van der Waals surface area contributed by atoms with Gasteiger partial charge < -0.3 is 47.4 Å². The van der Waals surface area contributed by atoms with E-state index < -0.39 is 11.9 Å². The van der Waals surface area contributed by atoms with E-state index in [0.717, 1.165) is 31.8 Å². The van der Waals surface area contributed by atoms with Crippen molar-refractivity contribution in [3.05, 3.63) is 101 Å². The summed E-state index contributed by atoms with van der Waals surface area (Å²) >= 11 is 0. The third-order valence-electron chi connectivity index (χ3n) is 6.49. The zero-order valence-electron chi connectivity index (χ0n) is 36.1. The van der Waals surface area contributed by atoms with Crippen molar-refractivity contribution in [1.82, 2.24) is 0 Å². The van der Waals surface area contributed by atoms with E-state index >= 15 is 0 Å². The second kappa shape index (κ2) is 53.2. The maximum absolute atomic E-state index is 10.9. The van der Waals surface area contributed by atoms with Gasteiger partial charge in [-0.2, -0.15) is 0 Å². The van der Waals surface area contributed by atoms with Gasteiger partial charge in [-0.3, -0.25) is 0 Å². The molecule has 0 saturated heterocycles. The van der Waals surface area contributed by atoms with Crippen molar-refractivity contribution >= 4 is 23.9 Å². The van der Waals surface area contributed by atoms with Crippen molar-refractivity contribution in [2.24, 2.45) is 0 Å². The maximum Gasteiger partial charge on any atom is 0.333 e.